The minimum Gasteiger partial charge on any atom is -0.309 e. The van der Waals surface area contributed by atoms with Gasteiger partial charge in [-0.1, -0.05) is 24.6 Å². The molecule has 0 saturated carbocycles. The first-order chi connectivity index (χ1) is 8.19. The predicted molar refractivity (Wildman–Crippen MR) is 78.3 cm³/mol. The fraction of sp³-hybridized carbons (Fsp3) is 0.429. The van der Waals surface area contributed by atoms with E-state index in [0.717, 1.165) is 28.9 Å². The summed E-state index contributed by atoms with van der Waals surface area (Å²) in [4.78, 5) is 0. The maximum absolute atomic E-state index is 6.00. The lowest BCUT2D eigenvalue weighted by Gasteiger charge is -2.17. The number of nitrogens with one attached hydrogen (secondary N) is 1. The molecule has 1 unspecified atom stereocenters. The number of rotatable bonds is 5. The standard InChI is InChI=1S/C14H17BrClN/c1-3-5-6-14(17-9-4-2)11-7-8-13(16)12(15)10-11/h7-8,10,14,17H,4,6,9H2,1-2H3. The Morgan fingerprint density at radius 2 is 2.24 bits per heavy atom. The third-order valence-corrected chi connectivity index (χ3v) is 3.68. The fourth-order valence-corrected chi connectivity index (χ4v) is 2.07. The van der Waals surface area contributed by atoms with Gasteiger partial charge < -0.3 is 5.32 Å². The van der Waals surface area contributed by atoms with Gasteiger partial charge in [-0.25, -0.2) is 0 Å². The molecule has 1 aromatic carbocycles. The molecule has 0 aliphatic heterocycles. The van der Waals surface area contributed by atoms with Gasteiger partial charge in [-0.15, -0.1) is 11.8 Å². The topological polar surface area (TPSA) is 12.0 Å². The molecule has 0 fully saturated rings. The molecule has 1 aromatic rings. The van der Waals surface area contributed by atoms with Crippen LogP contribution in [0.25, 0.3) is 0 Å². The van der Waals surface area contributed by atoms with E-state index in [-0.39, 0.29) is 6.04 Å². The van der Waals surface area contributed by atoms with Crippen molar-refractivity contribution in [3.05, 3.63) is 33.3 Å². The largest absolute Gasteiger partial charge is 0.309 e. The molecule has 0 aliphatic rings. The molecule has 3 heteroatoms. The van der Waals surface area contributed by atoms with Gasteiger partial charge in [-0.05, 0) is 53.5 Å². The first-order valence-corrected chi connectivity index (χ1v) is 6.94. The van der Waals surface area contributed by atoms with Crippen molar-refractivity contribution < 1.29 is 0 Å². The normalized spacial score (nSPS) is 11.8. The highest BCUT2D eigenvalue weighted by atomic mass is 79.9. The number of hydrogen-bond acceptors (Lipinski definition) is 1. The van der Waals surface area contributed by atoms with Crippen molar-refractivity contribution in [1.29, 1.82) is 0 Å². The number of halogens is 2. The van der Waals surface area contributed by atoms with E-state index in [1.165, 1.54) is 5.56 Å². The molecule has 17 heavy (non-hydrogen) atoms. The summed E-state index contributed by atoms with van der Waals surface area (Å²) in [6.45, 7) is 5.03. The van der Waals surface area contributed by atoms with E-state index in [1.807, 2.05) is 13.0 Å². The smallest absolute Gasteiger partial charge is 0.0548 e. The molecule has 1 nitrogen and oxygen atoms in total. The molecule has 0 aliphatic carbocycles. The molecule has 0 bridgehead atoms. The summed E-state index contributed by atoms with van der Waals surface area (Å²) in [5.74, 6) is 6.07. The summed E-state index contributed by atoms with van der Waals surface area (Å²) >= 11 is 9.45. The van der Waals surface area contributed by atoms with Crippen LogP contribution in [0.4, 0.5) is 0 Å². The first-order valence-electron chi connectivity index (χ1n) is 5.77. The van der Waals surface area contributed by atoms with E-state index >= 15 is 0 Å². The van der Waals surface area contributed by atoms with Gasteiger partial charge in [-0.3, -0.25) is 0 Å². The molecular weight excluding hydrogens is 298 g/mol. The Kier molecular flexibility index (Phi) is 6.65. The van der Waals surface area contributed by atoms with Gasteiger partial charge in [0.1, 0.15) is 0 Å². The van der Waals surface area contributed by atoms with Crippen molar-refractivity contribution in [2.24, 2.45) is 0 Å². The second-order valence-electron chi connectivity index (χ2n) is 3.81. The Bertz CT molecular complexity index is 420. The molecule has 0 heterocycles. The van der Waals surface area contributed by atoms with E-state index in [2.05, 4.69) is 52.1 Å². The second kappa shape index (κ2) is 7.76. The van der Waals surface area contributed by atoms with Crippen molar-refractivity contribution in [2.75, 3.05) is 6.54 Å². The number of hydrogen-bond donors (Lipinski definition) is 1. The van der Waals surface area contributed by atoms with Crippen molar-refractivity contribution in [3.63, 3.8) is 0 Å². The molecule has 1 atom stereocenters. The van der Waals surface area contributed by atoms with Crippen LogP contribution in [0.5, 0.6) is 0 Å². The van der Waals surface area contributed by atoms with Crippen molar-refractivity contribution in [3.8, 4) is 11.8 Å². The van der Waals surface area contributed by atoms with Crippen molar-refractivity contribution >= 4 is 27.5 Å². The van der Waals surface area contributed by atoms with Crippen LogP contribution in [0, 0.1) is 11.8 Å². The lowest BCUT2D eigenvalue weighted by molar-refractivity contribution is 0.542. The SMILES string of the molecule is CC#CCC(NCCC)c1ccc(Cl)c(Br)c1. The average Bonchev–Trinajstić information content (AvgIpc) is 2.33. The van der Waals surface area contributed by atoms with E-state index in [9.17, 15) is 0 Å². The molecule has 0 amide bonds. The Balaban J connectivity index is 2.85. The quantitative estimate of drug-likeness (QED) is 0.786. The van der Waals surface area contributed by atoms with Crippen LogP contribution >= 0.6 is 27.5 Å². The van der Waals surface area contributed by atoms with E-state index in [4.69, 9.17) is 11.6 Å². The average molecular weight is 315 g/mol. The summed E-state index contributed by atoms with van der Waals surface area (Å²) in [7, 11) is 0. The maximum atomic E-state index is 6.00. The Morgan fingerprint density at radius 3 is 2.82 bits per heavy atom. The molecule has 92 valence electrons. The zero-order valence-electron chi connectivity index (χ0n) is 10.2. The molecule has 0 radical (unpaired) electrons. The molecule has 1 rings (SSSR count). The molecule has 0 aromatic heterocycles. The number of benzene rings is 1. The Hall–Kier alpha value is -0.490. The van der Waals surface area contributed by atoms with Crippen LogP contribution in [-0.4, -0.2) is 6.54 Å². The minimum atomic E-state index is 0.274. The summed E-state index contributed by atoms with van der Waals surface area (Å²) in [5.41, 5.74) is 1.22. The highest BCUT2D eigenvalue weighted by molar-refractivity contribution is 9.10. The van der Waals surface area contributed by atoms with E-state index < -0.39 is 0 Å². The zero-order chi connectivity index (χ0) is 12.7. The molecule has 0 saturated heterocycles. The third-order valence-electron chi connectivity index (χ3n) is 2.47. The van der Waals surface area contributed by atoms with Gasteiger partial charge in [-0.2, -0.15) is 0 Å². The zero-order valence-corrected chi connectivity index (χ0v) is 12.5. The molecule has 1 N–H and O–H groups in total. The highest BCUT2D eigenvalue weighted by Gasteiger charge is 2.10. The van der Waals surface area contributed by atoms with Crippen LogP contribution in [0.1, 0.15) is 38.3 Å². The van der Waals surface area contributed by atoms with Crippen molar-refractivity contribution in [2.45, 2.75) is 32.7 Å². The van der Waals surface area contributed by atoms with Crippen LogP contribution < -0.4 is 5.32 Å². The van der Waals surface area contributed by atoms with Crippen LogP contribution in [0.2, 0.25) is 5.02 Å². The van der Waals surface area contributed by atoms with Gasteiger partial charge in [0.15, 0.2) is 0 Å². The monoisotopic (exact) mass is 313 g/mol. The summed E-state index contributed by atoms with van der Waals surface area (Å²) in [6.07, 6.45) is 1.94. The third kappa shape index (κ3) is 4.71. The van der Waals surface area contributed by atoms with Crippen LogP contribution in [-0.2, 0) is 0 Å². The minimum absolute atomic E-state index is 0.274. The first kappa shape index (κ1) is 14.6. The predicted octanol–water partition coefficient (Wildman–Crippen LogP) is 4.56. The van der Waals surface area contributed by atoms with Gasteiger partial charge in [0.2, 0.25) is 0 Å². The maximum Gasteiger partial charge on any atom is 0.0548 e. The lowest BCUT2D eigenvalue weighted by Crippen LogP contribution is -2.21. The van der Waals surface area contributed by atoms with Gasteiger partial charge >= 0.3 is 0 Å². The molecule has 0 spiro atoms. The summed E-state index contributed by atoms with van der Waals surface area (Å²) < 4.78 is 0.935. The highest BCUT2D eigenvalue weighted by Crippen LogP contribution is 2.27. The lowest BCUT2D eigenvalue weighted by atomic mass is 10.0. The van der Waals surface area contributed by atoms with Crippen LogP contribution in [0.15, 0.2) is 22.7 Å². The van der Waals surface area contributed by atoms with Gasteiger partial charge in [0.25, 0.3) is 0 Å². The Labute approximate surface area is 117 Å². The van der Waals surface area contributed by atoms with E-state index in [0.29, 0.717) is 0 Å². The summed E-state index contributed by atoms with van der Waals surface area (Å²) in [6, 6.07) is 6.31. The van der Waals surface area contributed by atoms with Gasteiger partial charge in [0, 0.05) is 16.9 Å². The van der Waals surface area contributed by atoms with Gasteiger partial charge in [0.05, 0.1) is 5.02 Å². The molecular formula is C14H17BrClN. The van der Waals surface area contributed by atoms with E-state index in [1.54, 1.807) is 0 Å². The van der Waals surface area contributed by atoms with Crippen molar-refractivity contribution in [1.82, 2.24) is 5.32 Å². The van der Waals surface area contributed by atoms with Crippen LogP contribution in [0.3, 0.4) is 0 Å². The second-order valence-corrected chi connectivity index (χ2v) is 5.07. The summed E-state index contributed by atoms with van der Waals surface area (Å²) in [5, 5.41) is 4.24. The Morgan fingerprint density at radius 1 is 1.47 bits per heavy atom. The fourth-order valence-electron chi connectivity index (χ4n) is 1.56.